The van der Waals surface area contributed by atoms with Crippen molar-refractivity contribution in [3.8, 4) is 0 Å². The minimum absolute atomic E-state index is 0.241. The number of hydrogen-bond acceptors (Lipinski definition) is 3. The van der Waals surface area contributed by atoms with E-state index in [2.05, 4.69) is 31.1 Å². The van der Waals surface area contributed by atoms with Crippen molar-refractivity contribution in [1.29, 1.82) is 0 Å². The molecule has 1 saturated carbocycles. The van der Waals surface area contributed by atoms with Gasteiger partial charge in [-0.1, -0.05) is 26.2 Å². The molecule has 3 N–H and O–H groups in total. The van der Waals surface area contributed by atoms with Gasteiger partial charge in [-0.05, 0) is 53.1 Å². The van der Waals surface area contributed by atoms with Gasteiger partial charge in [0.05, 0.1) is 5.54 Å². The molecular formula is C16H33N3O. The first kappa shape index (κ1) is 17.4. The van der Waals surface area contributed by atoms with E-state index in [1.807, 2.05) is 6.92 Å². The van der Waals surface area contributed by atoms with E-state index in [1.54, 1.807) is 0 Å². The number of nitrogens with zero attached hydrogens (tertiary/aromatic N) is 1. The van der Waals surface area contributed by atoms with Crippen LogP contribution >= 0.6 is 0 Å². The van der Waals surface area contributed by atoms with Gasteiger partial charge in [0, 0.05) is 12.1 Å². The van der Waals surface area contributed by atoms with E-state index < -0.39 is 5.54 Å². The van der Waals surface area contributed by atoms with Gasteiger partial charge < -0.3 is 16.0 Å². The molecule has 0 spiro atoms. The van der Waals surface area contributed by atoms with E-state index >= 15 is 0 Å². The quantitative estimate of drug-likeness (QED) is 0.718. The molecule has 0 aromatic heterocycles. The summed E-state index contributed by atoms with van der Waals surface area (Å²) in [7, 11) is 2.20. The van der Waals surface area contributed by atoms with E-state index in [0.717, 1.165) is 19.4 Å². The van der Waals surface area contributed by atoms with E-state index in [-0.39, 0.29) is 5.91 Å². The Balaban J connectivity index is 2.59. The molecule has 0 radical (unpaired) electrons. The molecule has 0 heterocycles. The molecule has 0 saturated heterocycles. The Morgan fingerprint density at radius 2 is 2.00 bits per heavy atom. The summed E-state index contributed by atoms with van der Waals surface area (Å²) in [4.78, 5) is 14.3. The summed E-state index contributed by atoms with van der Waals surface area (Å²) in [5.41, 5.74) is 5.02. The van der Waals surface area contributed by atoms with Gasteiger partial charge in [0.25, 0.3) is 0 Å². The molecule has 1 fully saturated rings. The monoisotopic (exact) mass is 283 g/mol. The highest BCUT2D eigenvalue weighted by Gasteiger charge is 2.34. The lowest BCUT2D eigenvalue weighted by atomic mass is 9.89. The van der Waals surface area contributed by atoms with Gasteiger partial charge in [0.1, 0.15) is 0 Å². The number of carbonyl (C=O) groups excluding carboxylic acids is 1. The van der Waals surface area contributed by atoms with E-state index in [9.17, 15) is 4.79 Å². The third-order valence-corrected chi connectivity index (χ3v) is 4.86. The fraction of sp³-hybridized carbons (Fsp3) is 0.938. The molecule has 0 bridgehead atoms. The standard InChI is InChI=1S/C16H33N3O/c1-5-11-18-16(3,15(17)20)12-13(2)19(4)14-9-7-6-8-10-14/h13-14,18H,5-12H2,1-4H3,(H2,17,20). The van der Waals surface area contributed by atoms with Crippen LogP contribution < -0.4 is 11.1 Å². The van der Waals surface area contributed by atoms with Crippen LogP contribution in [0.5, 0.6) is 0 Å². The van der Waals surface area contributed by atoms with Gasteiger partial charge in [0.2, 0.25) is 5.91 Å². The maximum absolute atomic E-state index is 11.8. The van der Waals surface area contributed by atoms with Crippen molar-refractivity contribution < 1.29 is 4.79 Å². The van der Waals surface area contributed by atoms with E-state index in [0.29, 0.717) is 12.1 Å². The zero-order chi connectivity index (χ0) is 15.2. The average Bonchev–Trinajstić information content (AvgIpc) is 2.45. The lowest BCUT2D eigenvalue weighted by Crippen LogP contribution is -2.57. The summed E-state index contributed by atoms with van der Waals surface area (Å²) in [5, 5.41) is 3.33. The van der Waals surface area contributed by atoms with Crippen molar-refractivity contribution in [1.82, 2.24) is 10.2 Å². The smallest absolute Gasteiger partial charge is 0.237 e. The van der Waals surface area contributed by atoms with Gasteiger partial charge in [0.15, 0.2) is 0 Å². The Labute approximate surface area is 124 Å². The number of rotatable bonds is 8. The summed E-state index contributed by atoms with van der Waals surface area (Å²) in [6.07, 6.45) is 8.40. The van der Waals surface area contributed by atoms with Crippen molar-refractivity contribution >= 4 is 5.91 Å². The Morgan fingerprint density at radius 1 is 1.40 bits per heavy atom. The molecule has 0 aromatic rings. The number of carbonyl (C=O) groups is 1. The van der Waals surface area contributed by atoms with Crippen LogP contribution in [0.25, 0.3) is 0 Å². The van der Waals surface area contributed by atoms with Crippen molar-refractivity contribution in [2.24, 2.45) is 5.73 Å². The average molecular weight is 283 g/mol. The van der Waals surface area contributed by atoms with Crippen LogP contribution in [0.3, 0.4) is 0 Å². The van der Waals surface area contributed by atoms with Crippen LogP contribution in [-0.2, 0) is 4.79 Å². The number of hydrogen-bond donors (Lipinski definition) is 2. The maximum Gasteiger partial charge on any atom is 0.237 e. The minimum atomic E-state index is -0.599. The van der Waals surface area contributed by atoms with Gasteiger partial charge in [-0.15, -0.1) is 0 Å². The Bertz CT molecular complexity index is 302. The van der Waals surface area contributed by atoms with E-state index in [1.165, 1.54) is 32.1 Å². The molecule has 4 nitrogen and oxygen atoms in total. The predicted octanol–water partition coefficient (Wildman–Crippen LogP) is 2.27. The molecule has 1 aliphatic rings. The molecule has 1 aliphatic carbocycles. The Hall–Kier alpha value is -0.610. The molecular weight excluding hydrogens is 250 g/mol. The molecule has 1 rings (SSSR count). The largest absolute Gasteiger partial charge is 0.368 e. The second-order valence-corrected chi connectivity index (χ2v) is 6.63. The number of nitrogens with one attached hydrogen (secondary N) is 1. The summed E-state index contributed by atoms with van der Waals surface area (Å²) in [5.74, 6) is -0.241. The second kappa shape index (κ2) is 7.99. The minimum Gasteiger partial charge on any atom is -0.368 e. The second-order valence-electron chi connectivity index (χ2n) is 6.63. The topological polar surface area (TPSA) is 58.4 Å². The molecule has 0 aliphatic heterocycles. The summed E-state index contributed by atoms with van der Waals surface area (Å²) < 4.78 is 0. The van der Waals surface area contributed by atoms with Gasteiger partial charge >= 0.3 is 0 Å². The van der Waals surface area contributed by atoms with Crippen LogP contribution in [0.15, 0.2) is 0 Å². The molecule has 2 unspecified atom stereocenters. The molecule has 4 heteroatoms. The highest BCUT2D eigenvalue weighted by molar-refractivity contribution is 5.84. The molecule has 0 aromatic carbocycles. The lowest BCUT2D eigenvalue weighted by Gasteiger charge is -2.39. The lowest BCUT2D eigenvalue weighted by molar-refractivity contribution is -0.124. The highest BCUT2D eigenvalue weighted by atomic mass is 16.1. The highest BCUT2D eigenvalue weighted by Crippen LogP contribution is 2.25. The molecule has 20 heavy (non-hydrogen) atoms. The first-order valence-corrected chi connectivity index (χ1v) is 8.17. The third-order valence-electron chi connectivity index (χ3n) is 4.86. The van der Waals surface area contributed by atoms with Crippen LogP contribution in [0.4, 0.5) is 0 Å². The number of nitrogens with two attached hydrogens (primary N) is 1. The Kier molecular flexibility index (Phi) is 6.96. The van der Waals surface area contributed by atoms with Gasteiger partial charge in [-0.3, -0.25) is 4.79 Å². The van der Waals surface area contributed by atoms with Crippen molar-refractivity contribution in [2.75, 3.05) is 13.6 Å². The Morgan fingerprint density at radius 3 is 2.50 bits per heavy atom. The van der Waals surface area contributed by atoms with Crippen molar-refractivity contribution in [3.63, 3.8) is 0 Å². The van der Waals surface area contributed by atoms with Crippen LogP contribution in [-0.4, -0.2) is 42.0 Å². The van der Waals surface area contributed by atoms with E-state index in [4.69, 9.17) is 5.73 Å². The summed E-state index contributed by atoms with van der Waals surface area (Å²) in [6.45, 7) is 7.09. The zero-order valence-corrected chi connectivity index (χ0v) is 13.7. The SMILES string of the molecule is CCCNC(C)(CC(C)N(C)C1CCCCC1)C(N)=O. The van der Waals surface area contributed by atoms with Crippen LogP contribution in [0.2, 0.25) is 0 Å². The van der Waals surface area contributed by atoms with Crippen LogP contribution in [0, 0.1) is 0 Å². The molecule has 118 valence electrons. The predicted molar refractivity (Wildman–Crippen MR) is 84.6 cm³/mol. The fourth-order valence-corrected chi connectivity index (χ4v) is 3.24. The van der Waals surface area contributed by atoms with Crippen molar-refractivity contribution in [3.05, 3.63) is 0 Å². The first-order valence-electron chi connectivity index (χ1n) is 8.17. The van der Waals surface area contributed by atoms with Gasteiger partial charge in [-0.2, -0.15) is 0 Å². The number of amides is 1. The number of primary amides is 1. The van der Waals surface area contributed by atoms with Crippen LogP contribution in [0.1, 0.15) is 65.7 Å². The van der Waals surface area contributed by atoms with Gasteiger partial charge in [-0.25, -0.2) is 0 Å². The third kappa shape index (κ3) is 4.74. The van der Waals surface area contributed by atoms with Crippen molar-refractivity contribution in [2.45, 2.75) is 83.3 Å². The summed E-state index contributed by atoms with van der Waals surface area (Å²) >= 11 is 0. The zero-order valence-electron chi connectivity index (χ0n) is 13.7. The summed E-state index contributed by atoms with van der Waals surface area (Å²) in [6, 6.07) is 1.03. The molecule has 1 amide bonds. The first-order chi connectivity index (χ1) is 9.40. The molecule has 2 atom stereocenters. The normalized spacial score (nSPS) is 21.6. The maximum atomic E-state index is 11.8. The fourth-order valence-electron chi connectivity index (χ4n) is 3.24.